The summed E-state index contributed by atoms with van der Waals surface area (Å²) in [5.74, 6) is 0.867. The highest BCUT2D eigenvalue weighted by atomic mass is 32.1. The first-order chi connectivity index (χ1) is 9.17. The molecule has 0 amide bonds. The molecule has 1 aromatic carbocycles. The van der Waals surface area contributed by atoms with Crippen LogP contribution in [-0.2, 0) is 0 Å². The van der Waals surface area contributed by atoms with Crippen LogP contribution in [0.25, 0.3) is 22.4 Å². The summed E-state index contributed by atoms with van der Waals surface area (Å²) >= 11 is 1.54. The van der Waals surface area contributed by atoms with Gasteiger partial charge in [0.15, 0.2) is 5.82 Å². The van der Waals surface area contributed by atoms with E-state index in [9.17, 15) is 4.39 Å². The van der Waals surface area contributed by atoms with Crippen molar-refractivity contribution in [3.8, 4) is 11.5 Å². The lowest BCUT2D eigenvalue weighted by molar-refractivity contribution is 0.629. The van der Waals surface area contributed by atoms with Gasteiger partial charge in [0.05, 0.1) is 10.5 Å². The summed E-state index contributed by atoms with van der Waals surface area (Å²) in [6, 6.07) is 4.48. The van der Waals surface area contributed by atoms with E-state index in [1.54, 1.807) is 13.1 Å². The van der Waals surface area contributed by atoms with Crippen LogP contribution in [0, 0.1) is 12.7 Å². The molecule has 3 rings (SSSR count). The zero-order chi connectivity index (χ0) is 13.4. The predicted molar refractivity (Wildman–Crippen MR) is 74.9 cm³/mol. The van der Waals surface area contributed by atoms with Crippen LogP contribution >= 0.6 is 11.3 Å². The van der Waals surface area contributed by atoms with Crippen LogP contribution in [0.2, 0.25) is 0 Å². The predicted octanol–water partition coefficient (Wildman–Crippen LogP) is 3.24. The summed E-state index contributed by atoms with van der Waals surface area (Å²) in [5.41, 5.74) is 1.28. The van der Waals surface area contributed by atoms with E-state index in [1.807, 2.05) is 12.3 Å². The van der Waals surface area contributed by atoms with Crippen molar-refractivity contribution in [1.29, 1.82) is 0 Å². The molecule has 0 aliphatic carbocycles. The van der Waals surface area contributed by atoms with Gasteiger partial charge in [0.25, 0.3) is 0 Å². The van der Waals surface area contributed by atoms with Gasteiger partial charge < -0.3 is 5.32 Å². The fourth-order valence-electron chi connectivity index (χ4n) is 1.87. The second kappa shape index (κ2) is 4.55. The number of aromatic nitrogens is 3. The molecule has 0 aliphatic rings. The highest BCUT2D eigenvalue weighted by Crippen LogP contribution is 2.25. The van der Waals surface area contributed by atoms with E-state index in [1.165, 1.54) is 23.5 Å². The molecule has 2 aromatic heterocycles. The maximum atomic E-state index is 13.3. The monoisotopic (exact) mass is 274 g/mol. The van der Waals surface area contributed by atoms with Crippen molar-refractivity contribution >= 4 is 28.1 Å². The van der Waals surface area contributed by atoms with Crippen LogP contribution in [0.15, 0.2) is 23.6 Å². The van der Waals surface area contributed by atoms with Gasteiger partial charge in [-0.2, -0.15) is 0 Å². The molecule has 3 aromatic rings. The van der Waals surface area contributed by atoms with E-state index in [4.69, 9.17) is 0 Å². The van der Waals surface area contributed by atoms with Gasteiger partial charge in [-0.05, 0) is 19.1 Å². The summed E-state index contributed by atoms with van der Waals surface area (Å²) < 4.78 is 13.3. The quantitative estimate of drug-likeness (QED) is 0.779. The number of hydrogen-bond donors (Lipinski definition) is 1. The average Bonchev–Trinajstić information content (AvgIpc) is 2.83. The van der Waals surface area contributed by atoms with E-state index < -0.39 is 0 Å². The van der Waals surface area contributed by atoms with Crippen LogP contribution in [-0.4, -0.2) is 22.0 Å². The summed E-state index contributed by atoms with van der Waals surface area (Å²) in [6.07, 6.45) is 0. The highest BCUT2D eigenvalue weighted by Gasteiger charge is 2.11. The smallest absolute Gasteiger partial charge is 0.181 e. The van der Waals surface area contributed by atoms with Crippen molar-refractivity contribution in [3.63, 3.8) is 0 Å². The molecule has 0 spiro atoms. The number of thiazole rings is 1. The molecular weight excluding hydrogens is 263 g/mol. The number of benzene rings is 1. The van der Waals surface area contributed by atoms with Crippen molar-refractivity contribution in [2.45, 2.75) is 6.92 Å². The van der Waals surface area contributed by atoms with Gasteiger partial charge in [0, 0.05) is 23.9 Å². The molecule has 0 saturated carbocycles. The second-order valence-electron chi connectivity index (χ2n) is 4.06. The Morgan fingerprint density at radius 2 is 2.05 bits per heavy atom. The number of hydrogen-bond acceptors (Lipinski definition) is 5. The number of nitrogens with one attached hydrogen (secondary N) is 1. The van der Waals surface area contributed by atoms with Gasteiger partial charge in [-0.15, -0.1) is 11.3 Å². The van der Waals surface area contributed by atoms with Crippen LogP contribution < -0.4 is 5.32 Å². The SMILES string of the molecule is CNc1nc(-c2csc(C)n2)nc2cc(F)ccc12. The summed E-state index contributed by atoms with van der Waals surface area (Å²) in [5, 5.41) is 6.65. The molecule has 2 heterocycles. The van der Waals surface area contributed by atoms with Gasteiger partial charge >= 0.3 is 0 Å². The third kappa shape index (κ3) is 2.15. The number of anilines is 1. The average molecular weight is 274 g/mol. The Morgan fingerprint density at radius 1 is 1.21 bits per heavy atom. The van der Waals surface area contributed by atoms with Gasteiger partial charge in [0.2, 0.25) is 0 Å². The standard InChI is InChI=1S/C13H11FN4S/c1-7-16-11(6-19-7)13-17-10-5-8(14)3-4-9(10)12(15-2)18-13/h3-6H,1-2H3,(H,15,17,18). The molecule has 96 valence electrons. The van der Waals surface area contributed by atoms with Crippen molar-refractivity contribution in [2.75, 3.05) is 12.4 Å². The maximum Gasteiger partial charge on any atom is 0.181 e. The minimum Gasteiger partial charge on any atom is -0.373 e. The Kier molecular flexibility index (Phi) is 2.87. The fourth-order valence-corrected chi connectivity index (χ4v) is 2.47. The minimum absolute atomic E-state index is 0.311. The minimum atomic E-state index is -0.311. The van der Waals surface area contributed by atoms with Crippen molar-refractivity contribution in [2.24, 2.45) is 0 Å². The third-order valence-corrected chi connectivity index (χ3v) is 3.52. The second-order valence-corrected chi connectivity index (χ2v) is 5.12. The normalized spacial score (nSPS) is 10.9. The molecule has 0 unspecified atom stereocenters. The lowest BCUT2D eigenvalue weighted by Gasteiger charge is -2.06. The Balaban J connectivity index is 2.26. The zero-order valence-electron chi connectivity index (χ0n) is 10.4. The summed E-state index contributed by atoms with van der Waals surface area (Å²) in [7, 11) is 1.78. The molecular formula is C13H11FN4S. The number of fused-ring (bicyclic) bond motifs is 1. The van der Waals surface area contributed by atoms with Gasteiger partial charge in [-0.25, -0.2) is 19.3 Å². The Bertz CT molecular complexity index is 753. The molecule has 0 bridgehead atoms. The summed E-state index contributed by atoms with van der Waals surface area (Å²) in [4.78, 5) is 13.2. The number of aryl methyl sites for hydroxylation is 1. The largest absolute Gasteiger partial charge is 0.373 e. The van der Waals surface area contributed by atoms with Crippen molar-refractivity contribution in [3.05, 3.63) is 34.4 Å². The Labute approximate surface area is 113 Å². The molecule has 0 fully saturated rings. The Hall–Kier alpha value is -2.08. The zero-order valence-corrected chi connectivity index (χ0v) is 11.3. The van der Waals surface area contributed by atoms with Gasteiger partial charge in [0.1, 0.15) is 17.3 Å². The van der Waals surface area contributed by atoms with E-state index in [2.05, 4.69) is 20.3 Å². The van der Waals surface area contributed by atoms with Gasteiger partial charge in [-0.3, -0.25) is 0 Å². The number of halogens is 1. The lowest BCUT2D eigenvalue weighted by atomic mass is 10.2. The first-order valence-electron chi connectivity index (χ1n) is 5.75. The fraction of sp³-hybridized carbons (Fsp3) is 0.154. The molecule has 0 atom stereocenters. The van der Waals surface area contributed by atoms with E-state index in [0.717, 1.165) is 10.4 Å². The first kappa shape index (κ1) is 12.0. The van der Waals surface area contributed by atoms with Gasteiger partial charge in [-0.1, -0.05) is 0 Å². The van der Waals surface area contributed by atoms with E-state index >= 15 is 0 Å². The van der Waals surface area contributed by atoms with E-state index in [-0.39, 0.29) is 5.82 Å². The molecule has 6 heteroatoms. The molecule has 0 saturated heterocycles. The topological polar surface area (TPSA) is 50.7 Å². The first-order valence-corrected chi connectivity index (χ1v) is 6.63. The molecule has 19 heavy (non-hydrogen) atoms. The lowest BCUT2D eigenvalue weighted by Crippen LogP contribution is -1.99. The molecule has 1 N–H and O–H groups in total. The molecule has 0 aliphatic heterocycles. The maximum absolute atomic E-state index is 13.3. The third-order valence-electron chi connectivity index (χ3n) is 2.74. The Morgan fingerprint density at radius 3 is 2.74 bits per heavy atom. The van der Waals surface area contributed by atoms with Crippen LogP contribution in [0.1, 0.15) is 5.01 Å². The van der Waals surface area contributed by atoms with Crippen molar-refractivity contribution in [1.82, 2.24) is 15.0 Å². The number of nitrogens with zero attached hydrogens (tertiary/aromatic N) is 3. The van der Waals surface area contributed by atoms with Crippen molar-refractivity contribution < 1.29 is 4.39 Å². The van der Waals surface area contributed by atoms with Crippen LogP contribution in [0.4, 0.5) is 10.2 Å². The molecule has 0 radical (unpaired) electrons. The number of rotatable bonds is 2. The van der Waals surface area contributed by atoms with Crippen LogP contribution in [0.5, 0.6) is 0 Å². The van der Waals surface area contributed by atoms with Crippen LogP contribution in [0.3, 0.4) is 0 Å². The summed E-state index contributed by atoms with van der Waals surface area (Å²) in [6.45, 7) is 1.92. The van der Waals surface area contributed by atoms with E-state index in [0.29, 0.717) is 22.9 Å². The highest BCUT2D eigenvalue weighted by molar-refractivity contribution is 7.09. The molecule has 4 nitrogen and oxygen atoms in total.